The van der Waals surface area contributed by atoms with Gasteiger partial charge in [0.1, 0.15) is 67.7 Å². The summed E-state index contributed by atoms with van der Waals surface area (Å²) >= 11 is 2.93. The van der Waals surface area contributed by atoms with Crippen molar-refractivity contribution in [3.63, 3.8) is 0 Å². The fraction of sp³-hybridized carbons (Fsp3) is 0.493. The van der Waals surface area contributed by atoms with Crippen LogP contribution in [0.15, 0.2) is 83.9 Å². The highest BCUT2D eigenvalue weighted by Gasteiger charge is 2.63. The van der Waals surface area contributed by atoms with Crippen LogP contribution in [-0.2, 0) is 38.8 Å². The van der Waals surface area contributed by atoms with Crippen molar-refractivity contribution in [2.24, 2.45) is 35.5 Å². The predicted octanol–water partition coefficient (Wildman–Crippen LogP) is 8.74. The van der Waals surface area contributed by atoms with Gasteiger partial charge >= 0.3 is 5.97 Å². The monoisotopic (exact) mass is 1310 g/mol. The van der Waals surface area contributed by atoms with Gasteiger partial charge in [0.2, 0.25) is 33.7 Å². The fourth-order valence-corrected chi connectivity index (χ4v) is 16.3. The number of benzene rings is 2. The maximum absolute atomic E-state index is 14.2. The summed E-state index contributed by atoms with van der Waals surface area (Å²) in [4.78, 5) is 104. The number of carbonyl (C=O) groups is 6. The van der Waals surface area contributed by atoms with Gasteiger partial charge in [-0.2, -0.15) is 0 Å². The molecule has 10 atom stereocenters. The molecule has 6 heterocycles. The van der Waals surface area contributed by atoms with Gasteiger partial charge in [0.05, 0.1) is 54.2 Å². The number of aryl methyl sites for hydroxylation is 2. The number of aliphatic carboxylic acids is 1. The summed E-state index contributed by atoms with van der Waals surface area (Å²) in [7, 11) is 2.94. The Hall–Kier alpha value is -8.03. The van der Waals surface area contributed by atoms with E-state index >= 15 is 0 Å². The highest BCUT2D eigenvalue weighted by atomic mass is 32.2. The quantitative estimate of drug-likeness (QED) is 0.0833. The Bertz CT molecular complexity index is 4030. The van der Waals surface area contributed by atoms with Crippen LogP contribution in [-0.4, -0.2) is 149 Å². The Balaban J connectivity index is 0.000000179. The van der Waals surface area contributed by atoms with Gasteiger partial charge in [0.15, 0.2) is 0 Å². The molecule has 4 N–H and O–H groups in total. The lowest BCUT2D eigenvalue weighted by Gasteiger charge is -2.26. The van der Waals surface area contributed by atoms with Gasteiger partial charge in [0, 0.05) is 96.2 Å². The van der Waals surface area contributed by atoms with Gasteiger partial charge in [-0.05, 0) is 128 Å². The van der Waals surface area contributed by atoms with Gasteiger partial charge in [0.25, 0.3) is 5.91 Å². The molecule has 0 radical (unpaired) electrons. The van der Waals surface area contributed by atoms with E-state index in [0.29, 0.717) is 85.1 Å². The standard InChI is InChI=1S/C35H41N5O7S2.C32H36N4O6S/c1-20-28(46-3)12-11-24-29(18-27(37-30(20)24)32-36-13-15-48-32)47-22-16-25-26(17-22)33(42)40(2)14-7-5-4-6-8-21-19-35(21,38-31(25)41)34(43)39-49(44,45)23-9-10-23;1-18-25(41-3)10-9-21-26(16-24(34-27(18)21)29-33-11-13-43-29)42-20-14-22-23(15-20)30(38)36(2)12-7-5-4-6-8-19-17-32(19,31(39)40)35-28(22)37/h6,8,11-13,15,18,21-23,25-26H,4-5,7,9-10,14,16-17,19H2,1-3H3,(H,38,41)(H,39,43);6,8-11,13,16,19-20,22-23H,4-5,7,12,14-15,17H2,1-3H3,(H,35,37)(H,39,40)/b2*8-6-/t21-,22-,25-,26-,35-;19-,20-,22-,23-,32-/m11/s1. The van der Waals surface area contributed by atoms with Gasteiger partial charge in [-0.25, -0.2) is 33.1 Å². The first-order chi connectivity index (χ1) is 44.2. The van der Waals surface area contributed by atoms with E-state index in [1.807, 2.05) is 85.3 Å². The van der Waals surface area contributed by atoms with E-state index in [1.54, 1.807) is 50.5 Å². The van der Waals surface area contributed by atoms with E-state index < -0.39 is 85.9 Å². The van der Waals surface area contributed by atoms with Crippen molar-refractivity contribution in [1.82, 2.24) is 45.1 Å². The maximum Gasteiger partial charge on any atom is 0.330 e. The van der Waals surface area contributed by atoms with Crippen LogP contribution in [0.25, 0.3) is 43.2 Å². The lowest BCUT2D eigenvalue weighted by atomic mass is 9.93. The summed E-state index contributed by atoms with van der Waals surface area (Å²) in [5.41, 5.74) is 1.73. The van der Waals surface area contributed by atoms with Crippen molar-refractivity contribution in [2.45, 2.75) is 132 Å². The molecule has 6 aromatic rings. The number of fused-ring (bicyclic) bond motifs is 6. The number of rotatable bonds is 12. The van der Waals surface area contributed by atoms with Gasteiger partial charge in [-0.3, -0.25) is 28.7 Å². The minimum absolute atomic E-state index is 0.112. The summed E-state index contributed by atoms with van der Waals surface area (Å²) in [6, 6.07) is 11.2. The average Bonchev–Trinajstić information content (AvgIpc) is 1.55. The average molecular weight is 1310 g/mol. The number of carboxylic acids is 1. The number of hydrogen-bond donors (Lipinski definition) is 4. The second-order valence-electron chi connectivity index (χ2n) is 25.5. The van der Waals surface area contributed by atoms with Crippen molar-refractivity contribution in [3.05, 3.63) is 95.0 Å². The number of amides is 5. The molecule has 0 spiro atoms. The van der Waals surface area contributed by atoms with Crippen LogP contribution in [0.5, 0.6) is 23.0 Å². The van der Waals surface area contributed by atoms with Crippen molar-refractivity contribution >= 4 is 90.0 Å². The molecule has 486 valence electrons. The lowest BCUT2D eigenvalue weighted by molar-refractivity contribution is -0.145. The van der Waals surface area contributed by atoms with Crippen LogP contribution in [0, 0.1) is 49.4 Å². The molecule has 5 aliphatic carbocycles. The first-order valence-corrected chi connectivity index (χ1v) is 34.9. The number of aromatic nitrogens is 4. The molecule has 5 amide bonds. The third-order valence-corrected chi connectivity index (χ3v) is 22.8. The number of allylic oxidation sites excluding steroid dienone is 2. The molecule has 92 heavy (non-hydrogen) atoms. The van der Waals surface area contributed by atoms with E-state index in [1.165, 1.54) is 22.7 Å². The zero-order valence-electron chi connectivity index (χ0n) is 52.3. The number of ether oxygens (including phenoxy) is 4. The highest BCUT2D eigenvalue weighted by Crippen LogP contribution is 2.49. The molecule has 0 bridgehead atoms. The summed E-state index contributed by atoms with van der Waals surface area (Å²) in [5, 5.41) is 22.1. The summed E-state index contributed by atoms with van der Waals surface area (Å²) in [6.07, 6.45) is 18.0. The van der Waals surface area contributed by atoms with Gasteiger partial charge in [-0.1, -0.05) is 24.3 Å². The topological polar surface area (TPSA) is 288 Å². The molecule has 4 aromatic heterocycles. The molecule has 2 aliphatic heterocycles. The number of methoxy groups -OCH3 is 2. The molecule has 2 aromatic carbocycles. The van der Waals surface area contributed by atoms with E-state index in [0.717, 1.165) is 76.0 Å². The number of nitrogens with one attached hydrogen (secondary N) is 3. The van der Waals surface area contributed by atoms with E-state index in [2.05, 4.69) is 25.3 Å². The molecular formula is C67H77N9O13S3. The summed E-state index contributed by atoms with van der Waals surface area (Å²) < 4.78 is 52.2. The van der Waals surface area contributed by atoms with Crippen LogP contribution >= 0.6 is 22.7 Å². The molecule has 0 saturated heterocycles. The number of nitrogens with zero attached hydrogens (tertiary/aromatic N) is 6. The van der Waals surface area contributed by atoms with Crippen LogP contribution in [0.3, 0.4) is 0 Å². The lowest BCUT2D eigenvalue weighted by Crippen LogP contribution is -2.54. The minimum atomic E-state index is -3.82. The van der Waals surface area contributed by atoms with Crippen LogP contribution in [0.4, 0.5) is 0 Å². The van der Waals surface area contributed by atoms with Crippen LogP contribution < -0.4 is 34.3 Å². The Morgan fingerprint density at radius 1 is 0.641 bits per heavy atom. The largest absolute Gasteiger partial charge is 0.496 e. The molecule has 22 nitrogen and oxygen atoms in total. The zero-order chi connectivity index (χ0) is 64.8. The third-order valence-electron chi connectivity index (χ3n) is 19.4. The Kier molecular flexibility index (Phi) is 18.2. The normalized spacial score (nSPS) is 28.3. The molecule has 7 aliphatic rings. The fourth-order valence-electron chi connectivity index (χ4n) is 13.8. The first kappa shape index (κ1) is 64.1. The molecule has 5 fully saturated rings. The number of hydrogen-bond acceptors (Lipinski definition) is 18. The maximum atomic E-state index is 14.2. The molecular weight excluding hydrogens is 1230 g/mol. The number of sulfonamides is 1. The SMILES string of the molecule is COc1ccc2c(O[C@@H]3C[C@H]4C(=O)N[C@]5(C(=O)NS(=O)(=O)C6CC6)C[C@H]5/C=C\CCCCN(C)C(=O)[C@@H]4C3)cc(-c3nccs3)nc2c1C.COc1ccc2c(O[C@@H]3C[C@H]4C(=O)N[C@]5(C(=O)O)C[C@H]5/C=C\CCCCN(C)C(=O)[C@@H]4C3)cc(-c3nccs3)nc2c1C. The zero-order valence-corrected chi connectivity index (χ0v) is 54.8. The van der Waals surface area contributed by atoms with E-state index in [9.17, 15) is 42.3 Å². The van der Waals surface area contributed by atoms with E-state index in [4.69, 9.17) is 28.9 Å². The highest BCUT2D eigenvalue weighted by molar-refractivity contribution is 7.91. The number of carbonyl (C=O) groups excluding carboxylic acids is 5. The molecule has 13 rings (SSSR count). The van der Waals surface area contributed by atoms with Crippen LogP contribution in [0.1, 0.15) is 101 Å². The molecule has 5 saturated carbocycles. The molecule has 25 heteroatoms. The second kappa shape index (κ2) is 26.2. The number of pyridine rings is 2. The predicted molar refractivity (Wildman–Crippen MR) is 346 cm³/mol. The second-order valence-corrected chi connectivity index (χ2v) is 29.3. The Labute approximate surface area is 542 Å². The number of carboxylic acid groups (broad SMARTS) is 1. The van der Waals surface area contributed by atoms with Gasteiger partial charge < -0.3 is 44.5 Å². The summed E-state index contributed by atoms with van der Waals surface area (Å²) in [6.45, 7) is 5.03. The van der Waals surface area contributed by atoms with Crippen molar-refractivity contribution in [3.8, 4) is 44.4 Å². The minimum Gasteiger partial charge on any atom is -0.496 e. The molecule has 0 unspecified atom stereocenters. The first-order valence-electron chi connectivity index (χ1n) is 31.6. The smallest absolute Gasteiger partial charge is 0.330 e. The Morgan fingerprint density at radius 3 is 1.52 bits per heavy atom. The number of thiazole rings is 2. The van der Waals surface area contributed by atoms with Crippen LogP contribution in [0.2, 0.25) is 0 Å². The van der Waals surface area contributed by atoms with Crippen molar-refractivity contribution in [1.29, 1.82) is 0 Å². The van der Waals surface area contributed by atoms with Gasteiger partial charge in [-0.15, -0.1) is 22.7 Å². The van der Waals surface area contributed by atoms with Crippen molar-refractivity contribution < 1.29 is 61.2 Å². The van der Waals surface area contributed by atoms with Crippen molar-refractivity contribution in [2.75, 3.05) is 41.4 Å². The Morgan fingerprint density at radius 2 is 1.09 bits per heavy atom. The van der Waals surface area contributed by atoms with E-state index in [-0.39, 0.29) is 42.9 Å². The summed E-state index contributed by atoms with van der Waals surface area (Å²) in [5.74, 6) is -3.73. The third kappa shape index (κ3) is 12.9.